The van der Waals surface area contributed by atoms with Crippen LogP contribution in [0.2, 0.25) is 0 Å². The number of nitrogens with one attached hydrogen (secondary N) is 1. The van der Waals surface area contributed by atoms with E-state index in [2.05, 4.69) is 15.3 Å². The van der Waals surface area contributed by atoms with Crippen molar-refractivity contribution in [2.45, 2.75) is 6.54 Å². The average Bonchev–Trinajstić information content (AvgIpc) is 2.52. The number of anilines is 1. The van der Waals surface area contributed by atoms with Gasteiger partial charge in [-0.1, -0.05) is 12.1 Å². The number of nitro groups is 1. The number of para-hydroxylation sites is 1. The lowest BCUT2D eigenvalue weighted by Gasteiger charge is -2.11. The molecule has 22 heavy (non-hydrogen) atoms. The predicted octanol–water partition coefficient (Wildman–Crippen LogP) is 1.38. The minimum Gasteiger partial charge on any atom is -0.347 e. The fourth-order valence-corrected chi connectivity index (χ4v) is 1.79. The molecule has 1 aromatic carbocycles. The highest BCUT2D eigenvalue weighted by Crippen LogP contribution is 2.17. The summed E-state index contributed by atoms with van der Waals surface area (Å²) in [7, 11) is 3.62. The molecule has 0 aliphatic carbocycles. The predicted molar refractivity (Wildman–Crippen MR) is 80.6 cm³/mol. The fourth-order valence-electron chi connectivity index (χ4n) is 1.79. The summed E-state index contributed by atoms with van der Waals surface area (Å²) in [6.45, 7) is 0.161. The first kappa shape index (κ1) is 15.4. The van der Waals surface area contributed by atoms with Gasteiger partial charge in [0.25, 0.3) is 11.6 Å². The monoisotopic (exact) mass is 301 g/mol. The van der Waals surface area contributed by atoms with E-state index in [9.17, 15) is 14.9 Å². The molecular weight excluding hydrogens is 286 g/mol. The molecule has 8 heteroatoms. The smallest absolute Gasteiger partial charge is 0.282 e. The summed E-state index contributed by atoms with van der Waals surface area (Å²) in [6, 6.07) is 7.48. The van der Waals surface area contributed by atoms with Crippen LogP contribution >= 0.6 is 0 Å². The van der Waals surface area contributed by atoms with Crippen LogP contribution in [-0.2, 0) is 6.54 Å². The zero-order valence-corrected chi connectivity index (χ0v) is 12.2. The van der Waals surface area contributed by atoms with Crippen LogP contribution in [0.15, 0.2) is 36.5 Å². The number of amides is 1. The van der Waals surface area contributed by atoms with Crippen molar-refractivity contribution in [1.29, 1.82) is 0 Å². The van der Waals surface area contributed by atoms with Gasteiger partial charge in [0.1, 0.15) is 5.56 Å². The molecule has 0 fully saturated rings. The Balaban J connectivity index is 2.11. The van der Waals surface area contributed by atoms with Gasteiger partial charge in [0.15, 0.2) is 0 Å². The Morgan fingerprint density at radius 1 is 1.32 bits per heavy atom. The zero-order chi connectivity index (χ0) is 16.1. The third kappa shape index (κ3) is 3.54. The standard InChI is InChI=1S/C14H15N5O3/c1-18(2)14-15-8-7-10(17-14)9-16-13(20)11-5-3-4-6-12(11)19(21)22/h3-8H,9H2,1-2H3,(H,16,20). The number of hydrogen-bond acceptors (Lipinski definition) is 6. The van der Waals surface area contributed by atoms with Crippen molar-refractivity contribution < 1.29 is 9.72 Å². The largest absolute Gasteiger partial charge is 0.347 e. The number of rotatable bonds is 5. The maximum Gasteiger partial charge on any atom is 0.282 e. The fraction of sp³-hybridized carbons (Fsp3) is 0.214. The first-order chi connectivity index (χ1) is 10.5. The second-order valence-corrected chi connectivity index (χ2v) is 4.70. The van der Waals surface area contributed by atoms with Crippen molar-refractivity contribution in [2.24, 2.45) is 0 Å². The highest BCUT2D eigenvalue weighted by atomic mass is 16.6. The molecule has 0 saturated carbocycles. The Labute approximate surface area is 127 Å². The van der Waals surface area contributed by atoms with Crippen LogP contribution in [0.3, 0.4) is 0 Å². The molecule has 114 valence electrons. The van der Waals surface area contributed by atoms with E-state index in [1.807, 2.05) is 14.1 Å². The van der Waals surface area contributed by atoms with Gasteiger partial charge < -0.3 is 10.2 Å². The number of benzene rings is 1. The summed E-state index contributed by atoms with van der Waals surface area (Å²) in [4.78, 5) is 32.5. The maximum atomic E-state index is 12.1. The van der Waals surface area contributed by atoms with Gasteiger partial charge in [-0.2, -0.15) is 0 Å². The highest BCUT2D eigenvalue weighted by molar-refractivity contribution is 5.98. The molecule has 0 unspecified atom stereocenters. The number of hydrogen-bond donors (Lipinski definition) is 1. The van der Waals surface area contributed by atoms with Crippen LogP contribution in [0, 0.1) is 10.1 Å². The summed E-state index contributed by atoms with van der Waals surface area (Å²) < 4.78 is 0. The molecule has 0 aliphatic rings. The lowest BCUT2D eigenvalue weighted by molar-refractivity contribution is -0.385. The van der Waals surface area contributed by atoms with Crippen LogP contribution in [0.4, 0.5) is 11.6 Å². The van der Waals surface area contributed by atoms with Crippen molar-refractivity contribution >= 4 is 17.5 Å². The second-order valence-electron chi connectivity index (χ2n) is 4.70. The minimum absolute atomic E-state index is 0.0226. The maximum absolute atomic E-state index is 12.1. The summed E-state index contributed by atoms with van der Waals surface area (Å²) >= 11 is 0. The summed E-state index contributed by atoms with van der Waals surface area (Å²) in [5, 5.41) is 13.5. The zero-order valence-electron chi connectivity index (χ0n) is 12.2. The third-order valence-corrected chi connectivity index (χ3v) is 2.88. The van der Waals surface area contributed by atoms with E-state index in [1.54, 1.807) is 23.2 Å². The molecule has 2 rings (SSSR count). The molecule has 1 heterocycles. The minimum atomic E-state index is -0.580. The Morgan fingerprint density at radius 3 is 2.73 bits per heavy atom. The first-order valence-corrected chi connectivity index (χ1v) is 6.50. The molecule has 0 saturated heterocycles. The lowest BCUT2D eigenvalue weighted by atomic mass is 10.1. The molecule has 1 N–H and O–H groups in total. The Kier molecular flexibility index (Phi) is 4.62. The summed E-state index contributed by atoms with van der Waals surface area (Å²) in [5.74, 6) is 0.00903. The van der Waals surface area contributed by atoms with Crippen LogP contribution in [0.25, 0.3) is 0 Å². The van der Waals surface area contributed by atoms with Crippen molar-refractivity contribution in [3.05, 3.63) is 57.9 Å². The van der Waals surface area contributed by atoms with Gasteiger partial charge in [-0.25, -0.2) is 9.97 Å². The van der Waals surface area contributed by atoms with E-state index in [0.29, 0.717) is 11.6 Å². The van der Waals surface area contributed by atoms with Crippen LogP contribution in [-0.4, -0.2) is 34.9 Å². The van der Waals surface area contributed by atoms with E-state index < -0.39 is 10.8 Å². The first-order valence-electron chi connectivity index (χ1n) is 6.50. The Morgan fingerprint density at radius 2 is 2.05 bits per heavy atom. The van der Waals surface area contributed by atoms with Gasteiger partial charge in [-0.15, -0.1) is 0 Å². The van der Waals surface area contributed by atoms with E-state index in [4.69, 9.17) is 0 Å². The number of carbonyl (C=O) groups excluding carboxylic acids is 1. The van der Waals surface area contributed by atoms with Gasteiger partial charge in [-0.05, 0) is 12.1 Å². The Hall–Kier alpha value is -3.03. The Bertz CT molecular complexity index is 702. The normalized spacial score (nSPS) is 10.1. The van der Waals surface area contributed by atoms with Crippen molar-refractivity contribution in [2.75, 3.05) is 19.0 Å². The molecule has 1 amide bonds. The average molecular weight is 301 g/mol. The van der Waals surface area contributed by atoms with Crippen molar-refractivity contribution in [3.8, 4) is 0 Å². The van der Waals surface area contributed by atoms with Crippen LogP contribution in [0.1, 0.15) is 16.1 Å². The van der Waals surface area contributed by atoms with E-state index in [-0.39, 0.29) is 17.8 Å². The number of nitrogens with zero attached hydrogens (tertiary/aromatic N) is 4. The second kappa shape index (κ2) is 6.61. The van der Waals surface area contributed by atoms with E-state index in [0.717, 1.165) is 0 Å². The molecule has 0 bridgehead atoms. The SMILES string of the molecule is CN(C)c1nccc(CNC(=O)c2ccccc2[N+](=O)[O-])n1. The molecular formula is C14H15N5O3. The molecule has 0 aliphatic heterocycles. The van der Waals surface area contributed by atoms with Crippen molar-refractivity contribution in [1.82, 2.24) is 15.3 Å². The summed E-state index contributed by atoms with van der Waals surface area (Å²) in [6.07, 6.45) is 1.59. The summed E-state index contributed by atoms with van der Waals surface area (Å²) in [5.41, 5.74) is 0.414. The van der Waals surface area contributed by atoms with Gasteiger partial charge in [0.05, 0.1) is 17.2 Å². The number of carbonyl (C=O) groups is 1. The van der Waals surface area contributed by atoms with Gasteiger partial charge >= 0.3 is 0 Å². The van der Waals surface area contributed by atoms with Crippen LogP contribution < -0.4 is 10.2 Å². The third-order valence-electron chi connectivity index (χ3n) is 2.88. The van der Waals surface area contributed by atoms with Crippen molar-refractivity contribution in [3.63, 3.8) is 0 Å². The van der Waals surface area contributed by atoms with Crippen LogP contribution in [0.5, 0.6) is 0 Å². The molecule has 0 radical (unpaired) electrons. The topological polar surface area (TPSA) is 101 Å². The van der Waals surface area contributed by atoms with Gasteiger partial charge in [0.2, 0.25) is 5.95 Å². The quantitative estimate of drug-likeness (QED) is 0.661. The van der Waals surface area contributed by atoms with E-state index in [1.165, 1.54) is 18.2 Å². The van der Waals surface area contributed by atoms with Gasteiger partial charge in [0, 0.05) is 26.4 Å². The van der Waals surface area contributed by atoms with Gasteiger partial charge in [-0.3, -0.25) is 14.9 Å². The molecule has 1 aromatic heterocycles. The number of aromatic nitrogens is 2. The van der Waals surface area contributed by atoms with E-state index >= 15 is 0 Å². The highest BCUT2D eigenvalue weighted by Gasteiger charge is 2.18. The lowest BCUT2D eigenvalue weighted by Crippen LogP contribution is -2.24. The molecule has 0 atom stereocenters. The molecule has 0 spiro atoms. The molecule has 8 nitrogen and oxygen atoms in total. The number of nitro benzene ring substituents is 1. The molecule has 2 aromatic rings.